The number of alkyl halides is 3. The van der Waals surface area contributed by atoms with E-state index in [1.54, 1.807) is 31.2 Å². The Hall–Kier alpha value is -3.27. The number of aliphatic hydroxyl groups excluding tert-OH is 1. The van der Waals surface area contributed by atoms with Gasteiger partial charge in [-0.1, -0.05) is 18.2 Å². The van der Waals surface area contributed by atoms with Crippen molar-refractivity contribution < 1.29 is 18.3 Å². The van der Waals surface area contributed by atoms with Gasteiger partial charge < -0.3 is 16.2 Å². The van der Waals surface area contributed by atoms with E-state index in [1.807, 2.05) is 0 Å². The molecule has 2 heterocycles. The highest BCUT2D eigenvalue weighted by atomic mass is 19.4. The molecule has 1 aromatic carbocycles. The standard InChI is InChI=1S/C17H15F3N6O/c1-9(27)10-3-2-4-11(7-10)14-24-15(21)26-16(25-14)23-12-5-6-22-13(8-12)17(18,19)20/h2-9,27H,1H3,(H3,21,22,23,24,25,26). The van der Waals surface area contributed by atoms with Crippen molar-refractivity contribution in [2.45, 2.75) is 19.2 Å². The Balaban J connectivity index is 1.94. The number of anilines is 3. The fourth-order valence-corrected chi connectivity index (χ4v) is 2.31. The Labute approximate surface area is 152 Å². The summed E-state index contributed by atoms with van der Waals surface area (Å²) in [4.78, 5) is 15.4. The molecule has 0 bridgehead atoms. The van der Waals surface area contributed by atoms with Crippen LogP contribution in [0.1, 0.15) is 24.3 Å². The third-order valence-electron chi connectivity index (χ3n) is 3.59. The summed E-state index contributed by atoms with van der Waals surface area (Å²) in [5, 5.41) is 12.4. The van der Waals surface area contributed by atoms with Gasteiger partial charge in [0.05, 0.1) is 6.10 Å². The van der Waals surface area contributed by atoms with Crippen LogP contribution in [0.3, 0.4) is 0 Å². The summed E-state index contributed by atoms with van der Waals surface area (Å²) in [6.07, 6.45) is -4.22. The van der Waals surface area contributed by atoms with Crippen LogP contribution in [0.25, 0.3) is 11.4 Å². The second kappa shape index (κ2) is 7.16. The second-order valence-corrected chi connectivity index (χ2v) is 5.69. The lowest BCUT2D eigenvalue weighted by Gasteiger charge is -2.11. The summed E-state index contributed by atoms with van der Waals surface area (Å²) in [5.41, 5.74) is 6.00. The third kappa shape index (κ3) is 4.47. The lowest BCUT2D eigenvalue weighted by atomic mass is 10.1. The highest BCUT2D eigenvalue weighted by Gasteiger charge is 2.32. The Kier molecular flexibility index (Phi) is 4.91. The molecule has 140 valence electrons. The van der Waals surface area contributed by atoms with E-state index >= 15 is 0 Å². The van der Waals surface area contributed by atoms with E-state index in [9.17, 15) is 18.3 Å². The highest BCUT2D eigenvalue weighted by Crippen LogP contribution is 2.29. The number of nitrogens with zero attached hydrogens (tertiary/aromatic N) is 4. The number of hydrogen-bond acceptors (Lipinski definition) is 7. The van der Waals surface area contributed by atoms with Gasteiger partial charge in [0, 0.05) is 17.4 Å². The molecule has 1 unspecified atom stereocenters. The molecule has 0 radical (unpaired) electrons. The molecular weight excluding hydrogens is 361 g/mol. The highest BCUT2D eigenvalue weighted by molar-refractivity contribution is 5.61. The van der Waals surface area contributed by atoms with E-state index in [1.165, 1.54) is 6.07 Å². The van der Waals surface area contributed by atoms with Crippen molar-refractivity contribution in [3.8, 4) is 11.4 Å². The number of nitrogen functional groups attached to an aromatic ring is 1. The first-order valence-electron chi connectivity index (χ1n) is 7.82. The van der Waals surface area contributed by atoms with Crippen LogP contribution >= 0.6 is 0 Å². The number of rotatable bonds is 4. The van der Waals surface area contributed by atoms with Crippen molar-refractivity contribution in [1.29, 1.82) is 0 Å². The molecule has 10 heteroatoms. The SMILES string of the molecule is CC(O)c1cccc(-c2nc(N)nc(Nc3ccnc(C(F)(F)F)c3)n2)c1. The minimum Gasteiger partial charge on any atom is -0.389 e. The maximum absolute atomic E-state index is 12.8. The van der Waals surface area contributed by atoms with Crippen LogP contribution in [0.4, 0.5) is 30.8 Å². The zero-order valence-electron chi connectivity index (χ0n) is 14.1. The molecule has 4 N–H and O–H groups in total. The molecule has 0 saturated heterocycles. The topological polar surface area (TPSA) is 110 Å². The van der Waals surface area contributed by atoms with Crippen LogP contribution in [0, 0.1) is 0 Å². The Morgan fingerprint density at radius 3 is 2.59 bits per heavy atom. The summed E-state index contributed by atoms with van der Waals surface area (Å²) in [7, 11) is 0. The van der Waals surface area contributed by atoms with Crippen molar-refractivity contribution in [3.63, 3.8) is 0 Å². The van der Waals surface area contributed by atoms with Crippen molar-refractivity contribution >= 4 is 17.6 Å². The number of benzene rings is 1. The summed E-state index contributed by atoms with van der Waals surface area (Å²) < 4.78 is 38.4. The molecule has 0 amide bonds. The van der Waals surface area contributed by atoms with Gasteiger partial charge in [0.1, 0.15) is 5.69 Å². The monoisotopic (exact) mass is 376 g/mol. The van der Waals surface area contributed by atoms with Crippen LogP contribution in [-0.4, -0.2) is 25.0 Å². The lowest BCUT2D eigenvalue weighted by molar-refractivity contribution is -0.141. The summed E-state index contributed by atoms with van der Waals surface area (Å²) in [5.74, 6) is 0.104. The van der Waals surface area contributed by atoms with Crippen LogP contribution in [0.2, 0.25) is 0 Å². The van der Waals surface area contributed by atoms with Crippen LogP contribution < -0.4 is 11.1 Å². The van der Waals surface area contributed by atoms with Gasteiger partial charge in [-0.25, -0.2) is 0 Å². The van der Waals surface area contributed by atoms with E-state index in [-0.39, 0.29) is 23.4 Å². The van der Waals surface area contributed by atoms with E-state index < -0.39 is 18.0 Å². The van der Waals surface area contributed by atoms with Crippen LogP contribution in [0.5, 0.6) is 0 Å². The molecule has 0 saturated carbocycles. The first-order valence-corrected chi connectivity index (χ1v) is 7.82. The normalized spacial score (nSPS) is 12.6. The molecule has 0 spiro atoms. The largest absolute Gasteiger partial charge is 0.433 e. The first kappa shape index (κ1) is 18.5. The van der Waals surface area contributed by atoms with E-state index in [0.717, 1.165) is 12.3 Å². The summed E-state index contributed by atoms with van der Waals surface area (Å²) in [6.45, 7) is 1.62. The van der Waals surface area contributed by atoms with Gasteiger partial charge in [-0.15, -0.1) is 0 Å². The van der Waals surface area contributed by atoms with Crippen LogP contribution in [0.15, 0.2) is 42.6 Å². The Morgan fingerprint density at radius 1 is 1.11 bits per heavy atom. The average molecular weight is 376 g/mol. The van der Waals surface area contributed by atoms with Gasteiger partial charge >= 0.3 is 6.18 Å². The first-order chi connectivity index (χ1) is 12.7. The maximum Gasteiger partial charge on any atom is 0.433 e. The average Bonchev–Trinajstić information content (AvgIpc) is 2.61. The molecule has 27 heavy (non-hydrogen) atoms. The lowest BCUT2D eigenvalue weighted by Crippen LogP contribution is -2.09. The van der Waals surface area contributed by atoms with Gasteiger partial charge in [0.25, 0.3) is 0 Å². The zero-order chi connectivity index (χ0) is 19.6. The molecule has 7 nitrogen and oxygen atoms in total. The van der Waals surface area contributed by atoms with Crippen molar-refractivity contribution in [2.24, 2.45) is 0 Å². The molecule has 2 aromatic heterocycles. The third-order valence-corrected chi connectivity index (χ3v) is 3.59. The number of pyridine rings is 1. The Bertz CT molecular complexity index is 961. The molecule has 1 atom stereocenters. The zero-order valence-corrected chi connectivity index (χ0v) is 14.1. The molecular formula is C17H15F3N6O. The van der Waals surface area contributed by atoms with E-state index in [0.29, 0.717) is 11.1 Å². The quantitative estimate of drug-likeness (QED) is 0.641. The molecule has 3 aromatic rings. The number of aliphatic hydroxyl groups is 1. The number of aromatic nitrogens is 4. The minimum absolute atomic E-state index is 0.0146. The molecule has 0 aliphatic heterocycles. The van der Waals surface area contributed by atoms with Crippen LogP contribution in [-0.2, 0) is 6.18 Å². The number of halogens is 3. The predicted octanol–water partition coefficient (Wildman–Crippen LogP) is 3.33. The van der Waals surface area contributed by atoms with Gasteiger partial charge in [0.2, 0.25) is 11.9 Å². The number of hydrogen-bond donors (Lipinski definition) is 3. The van der Waals surface area contributed by atoms with Crippen molar-refractivity contribution in [1.82, 2.24) is 19.9 Å². The predicted molar refractivity (Wildman–Crippen MR) is 92.8 cm³/mol. The smallest absolute Gasteiger partial charge is 0.389 e. The number of nitrogens with two attached hydrogens (primary N) is 1. The Morgan fingerprint density at radius 2 is 1.89 bits per heavy atom. The van der Waals surface area contributed by atoms with Gasteiger partial charge in [-0.05, 0) is 30.7 Å². The molecule has 0 fully saturated rings. The van der Waals surface area contributed by atoms with E-state index in [2.05, 4.69) is 25.3 Å². The minimum atomic E-state index is -4.57. The van der Waals surface area contributed by atoms with Gasteiger partial charge in [-0.3, -0.25) is 4.98 Å². The summed E-state index contributed by atoms with van der Waals surface area (Å²) >= 11 is 0. The van der Waals surface area contributed by atoms with Gasteiger partial charge in [-0.2, -0.15) is 28.1 Å². The van der Waals surface area contributed by atoms with Crippen molar-refractivity contribution in [3.05, 3.63) is 53.9 Å². The molecule has 0 aliphatic rings. The maximum atomic E-state index is 12.8. The fourth-order valence-electron chi connectivity index (χ4n) is 2.31. The molecule has 3 rings (SSSR count). The van der Waals surface area contributed by atoms with E-state index in [4.69, 9.17) is 5.73 Å². The molecule has 0 aliphatic carbocycles. The number of nitrogens with one attached hydrogen (secondary N) is 1. The van der Waals surface area contributed by atoms with Gasteiger partial charge in [0.15, 0.2) is 5.82 Å². The second-order valence-electron chi connectivity index (χ2n) is 5.69. The summed E-state index contributed by atoms with van der Waals surface area (Å²) in [6, 6.07) is 9.07. The fraction of sp³-hybridized carbons (Fsp3) is 0.176. The van der Waals surface area contributed by atoms with Crippen molar-refractivity contribution in [2.75, 3.05) is 11.1 Å².